The lowest BCUT2D eigenvalue weighted by Crippen LogP contribution is -2.48. The van der Waals surface area contributed by atoms with Crippen LogP contribution in [0.1, 0.15) is 44.0 Å². The van der Waals surface area contributed by atoms with E-state index in [1.165, 1.54) is 11.2 Å². The molecule has 0 unspecified atom stereocenters. The molecule has 0 bridgehead atoms. The fourth-order valence-electron chi connectivity index (χ4n) is 4.22. The first kappa shape index (κ1) is 30.6. The molecule has 1 saturated heterocycles. The molecule has 1 aliphatic heterocycles. The third-order valence-electron chi connectivity index (χ3n) is 6.33. The van der Waals surface area contributed by atoms with Crippen molar-refractivity contribution in [1.29, 1.82) is 0 Å². The van der Waals surface area contributed by atoms with E-state index in [4.69, 9.17) is 0 Å². The minimum atomic E-state index is -4.58. The Bertz CT molecular complexity index is 1320. The van der Waals surface area contributed by atoms with Gasteiger partial charge in [0.15, 0.2) is 0 Å². The largest absolute Gasteiger partial charge is 0.416 e. The minimum absolute atomic E-state index is 0.0307. The monoisotopic (exact) mass is 582 g/mol. The molecule has 1 amide bonds. The average molecular weight is 583 g/mol. The molecule has 15 heteroatoms. The van der Waals surface area contributed by atoms with E-state index >= 15 is 0 Å². The molecule has 2 heterocycles. The number of carbonyl (C=O) groups excluding carboxylic acids is 1. The number of hydrogen-bond acceptors (Lipinski definition) is 5. The average Bonchev–Trinajstić information content (AvgIpc) is 2.85. The highest BCUT2D eigenvalue weighted by Crippen LogP contribution is 2.30. The Morgan fingerprint density at radius 3 is 2.23 bits per heavy atom. The third-order valence-corrected chi connectivity index (χ3v) is 8.22. The van der Waals surface area contributed by atoms with Gasteiger partial charge in [0.2, 0.25) is 15.9 Å². The summed E-state index contributed by atoms with van der Waals surface area (Å²) in [6.45, 7) is 1.43. The van der Waals surface area contributed by atoms with Gasteiger partial charge in [-0.25, -0.2) is 17.7 Å². The SMILES string of the molecule is CCS(=O)(=O)N1CCC(NC(=O)Cn2c(CCCC(F)(F)F)nc(-c3ccc(C(F)(F)F)cc3)cc2=O)CC1. The first-order valence-corrected chi connectivity index (χ1v) is 13.8. The first-order chi connectivity index (χ1) is 18.1. The summed E-state index contributed by atoms with van der Waals surface area (Å²) in [5.41, 5.74) is -1.54. The summed E-state index contributed by atoms with van der Waals surface area (Å²) in [6.07, 6.45) is -10.2. The van der Waals surface area contributed by atoms with Crippen LogP contribution < -0.4 is 10.9 Å². The van der Waals surface area contributed by atoms with Crippen molar-refractivity contribution >= 4 is 15.9 Å². The molecule has 216 valence electrons. The molecule has 2 aromatic rings. The number of hydrogen-bond donors (Lipinski definition) is 1. The van der Waals surface area contributed by atoms with E-state index in [9.17, 15) is 44.3 Å². The second-order valence-corrected chi connectivity index (χ2v) is 11.4. The topological polar surface area (TPSA) is 101 Å². The Hall–Kier alpha value is -2.94. The van der Waals surface area contributed by atoms with Crippen molar-refractivity contribution in [1.82, 2.24) is 19.2 Å². The van der Waals surface area contributed by atoms with Crippen LogP contribution in [0.25, 0.3) is 11.3 Å². The van der Waals surface area contributed by atoms with Crippen molar-refractivity contribution in [2.75, 3.05) is 18.8 Å². The lowest BCUT2D eigenvalue weighted by atomic mass is 10.1. The van der Waals surface area contributed by atoms with Gasteiger partial charge in [-0.15, -0.1) is 0 Å². The lowest BCUT2D eigenvalue weighted by Gasteiger charge is -2.31. The number of halogens is 6. The summed E-state index contributed by atoms with van der Waals surface area (Å²) < 4.78 is 103. The van der Waals surface area contributed by atoms with Gasteiger partial charge in [0.05, 0.1) is 17.0 Å². The molecule has 1 aliphatic rings. The highest BCUT2D eigenvalue weighted by molar-refractivity contribution is 7.89. The fraction of sp³-hybridized carbons (Fsp3) is 0.542. The normalized spacial score (nSPS) is 15.9. The quantitative estimate of drug-likeness (QED) is 0.454. The van der Waals surface area contributed by atoms with Gasteiger partial charge in [0.25, 0.3) is 5.56 Å². The second kappa shape index (κ2) is 12.1. The molecule has 8 nitrogen and oxygen atoms in total. The summed E-state index contributed by atoms with van der Waals surface area (Å²) in [4.78, 5) is 29.8. The molecule has 1 fully saturated rings. The Morgan fingerprint density at radius 1 is 1.08 bits per heavy atom. The van der Waals surface area contributed by atoms with Crippen LogP contribution in [-0.4, -0.2) is 59.2 Å². The van der Waals surface area contributed by atoms with Crippen molar-refractivity contribution < 1.29 is 39.6 Å². The molecule has 0 saturated carbocycles. The molecule has 0 spiro atoms. The van der Waals surface area contributed by atoms with Crippen molar-refractivity contribution in [2.45, 2.75) is 64.0 Å². The predicted octanol–water partition coefficient (Wildman–Crippen LogP) is 3.74. The zero-order valence-corrected chi connectivity index (χ0v) is 21.8. The maximum atomic E-state index is 12.9. The molecule has 1 aromatic heterocycles. The smallest absolute Gasteiger partial charge is 0.352 e. The highest BCUT2D eigenvalue weighted by atomic mass is 32.2. The number of amides is 1. The number of aryl methyl sites for hydroxylation is 1. The molecular formula is C24H28F6N4O4S. The standard InChI is InChI=1S/C24H28F6N4O4S/c1-2-39(37,38)33-12-9-18(10-13-33)31-21(35)15-34-20(4-3-11-23(25,26)27)32-19(14-22(34)36)16-5-7-17(8-6-16)24(28,29)30/h5-8,14,18H,2-4,9-13,15H2,1H3,(H,31,35). The van der Waals surface area contributed by atoms with Crippen molar-refractivity contribution in [3.63, 3.8) is 0 Å². The van der Waals surface area contributed by atoms with E-state index in [0.29, 0.717) is 12.8 Å². The number of aromatic nitrogens is 2. The van der Waals surface area contributed by atoms with E-state index < -0.39 is 58.8 Å². The molecule has 1 aromatic carbocycles. The minimum Gasteiger partial charge on any atom is -0.352 e. The molecule has 1 N–H and O–H groups in total. The highest BCUT2D eigenvalue weighted by Gasteiger charge is 2.31. The molecule has 39 heavy (non-hydrogen) atoms. The molecular weight excluding hydrogens is 554 g/mol. The third kappa shape index (κ3) is 8.52. The van der Waals surface area contributed by atoms with Crippen LogP contribution in [0.3, 0.4) is 0 Å². The Morgan fingerprint density at radius 2 is 1.69 bits per heavy atom. The van der Waals surface area contributed by atoms with Crippen LogP contribution in [0, 0.1) is 0 Å². The van der Waals surface area contributed by atoms with E-state index in [1.54, 1.807) is 0 Å². The van der Waals surface area contributed by atoms with Gasteiger partial charge >= 0.3 is 12.4 Å². The fourth-order valence-corrected chi connectivity index (χ4v) is 5.35. The number of benzene rings is 1. The summed E-state index contributed by atoms with van der Waals surface area (Å²) in [5, 5.41) is 2.72. The van der Waals surface area contributed by atoms with Crippen LogP contribution >= 0.6 is 0 Å². The zero-order valence-electron chi connectivity index (χ0n) is 21.0. The van der Waals surface area contributed by atoms with Crippen LogP contribution in [0.2, 0.25) is 0 Å². The van der Waals surface area contributed by atoms with Gasteiger partial charge in [-0.2, -0.15) is 26.3 Å². The number of nitrogens with one attached hydrogen (secondary N) is 1. The Kier molecular flexibility index (Phi) is 9.47. The van der Waals surface area contributed by atoms with Crippen molar-refractivity contribution in [3.05, 3.63) is 52.1 Å². The molecule has 0 aliphatic carbocycles. The van der Waals surface area contributed by atoms with Crippen LogP contribution in [0.4, 0.5) is 26.3 Å². The van der Waals surface area contributed by atoms with Gasteiger partial charge in [-0.3, -0.25) is 14.2 Å². The number of piperidine rings is 1. The van der Waals surface area contributed by atoms with E-state index in [1.807, 2.05) is 0 Å². The maximum absolute atomic E-state index is 12.9. The molecule has 3 rings (SSSR count). The number of nitrogens with zero attached hydrogens (tertiary/aromatic N) is 3. The number of sulfonamides is 1. The predicted molar refractivity (Wildman–Crippen MR) is 130 cm³/mol. The second-order valence-electron chi connectivity index (χ2n) is 9.17. The van der Waals surface area contributed by atoms with Gasteiger partial charge < -0.3 is 5.32 Å². The first-order valence-electron chi connectivity index (χ1n) is 12.2. The van der Waals surface area contributed by atoms with E-state index in [-0.39, 0.29) is 48.4 Å². The number of carbonyl (C=O) groups is 1. The summed E-state index contributed by atoms with van der Waals surface area (Å²) in [5.74, 6) is -0.754. The van der Waals surface area contributed by atoms with Gasteiger partial charge in [0, 0.05) is 43.6 Å². The Balaban J connectivity index is 1.79. The van der Waals surface area contributed by atoms with Crippen molar-refractivity contribution in [2.24, 2.45) is 0 Å². The van der Waals surface area contributed by atoms with Crippen LogP contribution in [-0.2, 0) is 34.0 Å². The Labute approximate surface area is 221 Å². The van der Waals surface area contributed by atoms with E-state index in [0.717, 1.165) is 34.9 Å². The maximum Gasteiger partial charge on any atom is 0.416 e. The summed E-state index contributed by atoms with van der Waals surface area (Å²) in [7, 11) is -3.36. The van der Waals surface area contributed by atoms with Crippen LogP contribution in [0.5, 0.6) is 0 Å². The van der Waals surface area contributed by atoms with Crippen LogP contribution in [0.15, 0.2) is 35.1 Å². The lowest BCUT2D eigenvalue weighted by molar-refractivity contribution is -0.137. The number of rotatable bonds is 9. The summed E-state index contributed by atoms with van der Waals surface area (Å²) in [6, 6.07) is 4.46. The molecule has 0 radical (unpaired) electrons. The zero-order chi connectivity index (χ0) is 29.0. The van der Waals surface area contributed by atoms with Gasteiger partial charge in [0.1, 0.15) is 12.4 Å². The van der Waals surface area contributed by atoms with Gasteiger partial charge in [-0.05, 0) is 38.3 Å². The number of alkyl halides is 6. The molecule has 0 atom stereocenters. The summed E-state index contributed by atoms with van der Waals surface area (Å²) >= 11 is 0. The van der Waals surface area contributed by atoms with Crippen molar-refractivity contribution in [3.8, 4) is 11.3 Å². The van der Waals surface area contributed by atoms with E-state index in [2.05, 4.69) is 10.3 Å². The van der Waals surface area contributed by atoms with Gasteiger partial charge in [-0.1, -0.05) is 12.1 Å².